The first-order valence-electron chi connectivity index (χ1n) is 5.75. The van der Waals surface area contributed by atoms with E-state index in [-0.39, 0.29) is 23.1 Å². The van der Waals surface area contributed by atoms with Gasteiger partial charge in [-0.25, -0.2) is 8.42 Å². The molecule has 1 atom stereocenters. The quantitative estimate of drug-likeness (QED) is 0.679. The van der Waals surface area contributed by atoms with E-state index in [1.807, 2.05) is 0 Å². The maximum atomic E-state index is 11.3. The lowest BCUT2D eigenvalue weighted by Crippen LogP contribution is -2.16. The molecule has 104 valence electrons. The molecule has 1 heterocycles. The molecular weight excluding hydrogens is 292 g/mol. The molecule has 6 nitrogen and oxygen atoms in total. The third-order valence-electron chi connectivity index (χ3n) is 3.06. The highest BCUT2D eigenvalue weighted by Gasteiger charge is 2.28. The molecule has 1 N–H and O–H groups in total. The first-order valence-corrected chi connectivity index (χ1v) is 7.95. The lowest BCUT2D eigenvalue weighted by atomic mass is 10.1. The summed E-state index contributed by atoms with van der Waals surface area (Å²) in [6.07, 6.45) is 0.594. The molecule has 1 saturated heterocycles. The molecule has 0 spiro atoms. The molecule has 1 unspecified atom stereocenters. The van der Waals surface area contributed by atoms with E-state index in [1.54, 1.807) is 6.07 Å². The van der Waals surface area contributed by atoms with E-state index in [4.69, 9.17) is 11.6 Å². The lowest BCUT2D eigenvalue weighted by molar-refractivity contribution is -0.383. The number of hydrogen-bond donors (Lipinski definition) is 1. The Hall–Kier alpha value is -1.34. The normalized spacial score (nSPS) is 21.2. The Balaban J connectivity index is 2.06. The zero-order chi connectivity index (χ0) is 14.0. The van der Waals surface area contributed by atoms with Crippen LogP contribution >= 0.6 is 11.6 Å². The molecular formula is C11H13ClN2O4S. The molecule has 0 aromatic heterocycles. The zero-order valence-electron chi connectivity index (χ0n) is 10.0. The Labute approximate surface area is 115 Å². The fourth-order valence-corrected chi connectivity index (χ4v) is 4.12. The van der Waals surface area contributed by atoms with E-state index < -0.39 is 14.8 Å². The SMILES string of the molecule is O=[N+]([O-])c1cc(Cl)ccc1NCC1CCS(=O)(=O)C1. The van der Waals surface area contributed by atoms with E-state index in [0.717, 1.165) is 0 Å². The number of anilines is 1. The Kier molecular flexibility index (Phi) is 3.96. The Morgan fingerprint density at radius 1 is 1.47 bits per heavy atom. The van der Waals surface area contributed by atoms with Crippen molar-refractivity contribution in [1.29, 1.82) is 0 Å². The van der Waals surface area contributed by atoms with Crippen molar-refractivity contribution in [2.45, 2.75) is 6.42 Å². The second-order valence-electron chi connectivity index (χ2n) is 4.57. The monoisotopic (exact) mass is 304 g/mol. The topological polar surface area (TPSA) is 89.3 Å². The van der Waals surface area contributed by atoms with Crippen molar-refractivity contribution in [1.82, 2.24) is 0 Å². The third kappa shape index (κ3) is 3.57. The molecule has 0 saturated carbocycles. The van der Waals surface area contributed by atoms with Crippen molar-refractivity contribution < 1.29 is 13.3 Å². The molecule has 0 amide bonds. The summed E-state index contributed by atoms with van der Waals surface area (Å²) in [4.78, 5) is 10.4. The van der Waals surface area contributed by atoms with Crippen molar-refractivity contribution >= 4 is 32.8 Å². The Bertz CT molecular complexity index is 603. The molecule has 0 radical (unpaired) electrons. The average molecular weight is 305 g/mol. The molecule has 1 aromatic rings. The number of nitrogens with one attached hydrogen (secondary N) is 1. The van der Waals surface area contributed by atoms with E-state index in [2.05, 4.69) is 5.32 Å². The molecule has 1 aliphatic rings. The van der Waals surface area contributed by atoms with Crippen LogP contribution in [0.2, 0.25) is 5.02 Å². The summed E-state index contributed by atoms with van der Waals surface area (Å²) in [6.45, 7) is 0.404. The van der Waals surface area contributed by atoms with E-state index in [1.165, 1.54) is 12.1 Å². The summed E-state index contributed by atoms with van der Waals surface area (Å²) in [5.74, 6) is 0.337. The summed E-state index contributed by atoms with van der Waals surface area (Å²) in [7, 11) is -2.93. The summed E-state index contributed by atoms with van der Waals surface area (Å²) in [5, 5.41) is 14.1. The van der Waals surface area contributed by atoms with Crippen molar-refractivity contribution in [3.63, 3.8) is 0 Å². The van der Waals surface area contributed by atoms with Crippen LogP contribution < -0.4 is 5.32 Å². The molecule has 1 fully saturated rings. The number of nitro groups is 1. The number of nitrogens with zero attached hydrogens (tertiary/aromatic N) is 1. The summed E-state index contributed by atoms with van der Waals surface area (Å²) in [5.41, 5.74) is 0.257. The number of nitro benzene ring substituents is 1. The number of hydrogen-bond acceptors (Lipinski definition) is 5. The predicted octanol–water partition coefficient (Wildman–Crippen LogP) is 2.09. The Morgan fingerprint density at radius 3 is 2.79 bits per heavy atom. The maximum Gasteiger partial charge on any atom is 0.293 e. The first kappa shape index (κ1) is 14.1. The molecule has 0 bridgehead atoms. The van der Waals surface area contributed by atoms with Gasteiger partial charge in [0.15, 0.2) is 9.84 Å². The minimum absolute atomic E-state index is 0.000261. The average Bonchev–Trinajstić information content (AvgIpc) is 2.67. The van der Waals surface area contributed by atoms with Crippen LogP contribution in [0, 0.1) is 16.0 Å². The van der Waals surface area contributed by atoms with E-state index in [9.17, 15) is 18.5 Å². The fourth-order valence-electron chi connectivity index (χ4n) is 2.09. The second-order valence-corrected chi connectivity index (χ2v) is 7.23. The van der Waals surface area contributed by atoms with Gasteiger partial charge in [0.2, 0.25) is 0 Å². The highest BCUT2D eigenvalue weighted by Crippen LogP contribution is 2.28. The molecule has 8 heteroatoms. The van der Waals surface area contributed by atoms with Gasteiger partial charge in [-0.2, -0.15) is 0 Å². The van der Waals surface area contributed by atoms with Crippen LogP contribution in [0.4, 0.5) is 11.4 Å². The minimum atomic E-state index is -2.93. The van der Waals surface area contributed by atoms with Gasteiger partial charge in [-0.1, -0.05) is 11.6 Å². The molecule has 0 aliphatic carbocycles. The van der Waals surface area contributed by atoms with Gasteiger partial charge >= 0.3 is 0 Å². The van der Waals surface area contributed by atoms with Crippen molar-refractivity contribution in [3.05, 3.63) is 33.3 Å². The van der Waals surface area contributed by atoms with Crippen LogP contribution in [0.15, 0.2) is 18.2 Å². The maximum absolute atomic E-state index is 11.3. The van der Waals surface area contributed by atoms with Gasteiger partial charge in [0.25, 0.3) is 5.69 Å². The lowest BCUT2D eigenvalue weighted by Gasteiger charge is -2.11. The standard InChI is InChI=1S/C11H13ClN2O4S/c12-9-1-2-10(11(5-9)14(15)16)13-6-8-3-4-19(17,18)7-8/h1-2,5,8,13H,3-4,6-7H2. The van der Waals surface area contributed by atoms with Crippen LogP contribution in [-0.2, 0) is 9.84 Å². The zero-order valence-corrected chi connectivity index (χ0v) is 11.6. The number of rotatable bonds is 4. The highest BCUT2D eigenvalue weighted by molar-refractivity contribution is 7.91. The van der Waals surface area contributed by atoms with Crippen LogP contribution in [-0.4, -0.2) is 31.4 Å². The Morgan fingerprint density at radius 2 is 2.21 bits per heavy atom. The van der Waals surface area contributed by atoms with Gasteiger partial charge in [0.05, 0.1) is 16.4 Å². The molecule has 1 aliphatic heterocycles. The predicted molar refractivity (Wildman–Crippen MR) is 73.4 cm³/mol. The third-order valence-corrected chi connectivity index (χ3v) is 5.14. The second kappa shape index (κ2) is 5.34. The van der Waals surface area contributed by atoms with Crippen LogP contribution in [0.1, 0.15) is 6.42 Å². The smallest absolute Gasteiger partial charge is 0.293 e. The minimum Gasteiger partial charge on any atom is -0.379 e. The first-order chi connectivity index (χ1) is 8.87. The summed E-state index contributed by atoms with van der Waals surface area (Å²) in [6, 6.07) is 4.36. The number of benzene rings is 1. The van der Waals surface area contributed by atoms with Gasteiger partial charge in [-0.3, -0.25) is 10.1 Å². The van der Waals surface area contributed by atoms with Crippen LogP contribution in [0.3, 0.4) is 0 Å². The van der Waals surface area contributed by atoms with E-state index >= 15 is 0 Å². The number of sulfone groups is 1. The molecule has 19 heavy (non-hydrogen) atoms. The van der Waals surface area contributed by atoms with Gasteiger partial charge in [0.1, 0.15) is 5.69 Å². The van der Waals surface area contributed by atoms with Gasteiger partial charge in [0, 0.05) is 17.6 Å². The molecule has 2 rings (SSSR count). The number of halogens is 1. The summed E-state index contributed by atoms with van der Waals surface area (Å²) < 4.78 is 22.6. The largest absolute Gasteiger partial charge is 0.379 e. The van der Waals surface area contributed by atoms with Crippen molar-refractivity contribution in [3.8, 4) is 0 Å². The summed E-state index contributed by atoms with van der Waals surface area (Å²) >= 11 is 5.71. The van der Waals surface area contributed by atoms with Crippen LogP contribution in [0.5, 0.6) is 0 Å². The van der Waals surface area contributed by atoms with Crippen LogP contribution in [0.25, 0.3) is 0 Å². The highest BCUT2D eigenvalue weighted by atomic mass is 35.5. The van der Waals surface area contributed by atoms with Crippen molar-refractivity contribution in [2.75, 3.05) is 23.4 Å². The van der Waals surface area contributed by atoms with Gasteiger partial charge in [-0.05, 0) is 24.5 Å². The fraction of sp³-hybridized carbons (Fsp3) is 0.455. The van der Waals surface area contributed by atoms with Gasteiger partial charge in [-0.15, -0.1) is 0 Å². The van der Waals surface area contributed by atoms with Gasteiger partial charge < -0.3 is 5.32 Å². The van der Waals surface area contributed by atoms with E-state index in [0.29, 0.717) is 23.7 Å². The molecule has 1 aromatic carbocycles. The van der Waals surface area contributed by atoms with Crippen molar-refractivity contribution in [2.24, 2.45) is 5.92 Å².